The third kappa shape index (κ3) is 9.62. The molecule has 56 heavy (non-hydrogen) atoms. The number of para-hydroxylation sites is 4. The van der Waals surface area contributed by atoms with Gasteiger partial charge in [0.15, 0.2) is 0 Å². The van der Waals surface area contributed by atoms with E-state index in [9.17, 15) is 5.26 Å². The molecular weight excluding hydrogens is 766 g/mol. The topological polar surface area (TPSA) is 132 Å². The predicted molar refractivity (Wildman–Crippen MR) is 223 cm³/mol. The summed E-state index contributed by atoms with van der Waals surface area (Å²) >= 11 is 18.2. The zero-order chi connectivity index (χ0) is 39.4. The molecule has 0 aliphatic carbocycles. The second-order valence-electron chi connectivity index (χ2n) is 11.8. The van der Waals surface area contributed by atoms with E-state index < -0.39 is 7.12 Å². The fraction of sp³-hybridized carbons (Fsp3) is 0. The first-order valence-corrected chi connectivity index (χ1v) is 18.0. The number of fused-ring (bicyclic) bond motifs is 2. The first-order valence-electron chi connectivity index (χ1n) is 16.9. The van der Waals surface area contributed by atoms with Gasteiger partial charge in [-0.15, -0.1) is 0 Å². The number of hydrogen-bond donors (Lipinski definition) is 2. The van der Waals surface area contributed by atoms with Gasteiger partial charge in [-0.05, 0) is 78.3 Å². The lowest BCUT2D eigenvalue weighted by atomic mass is 9.80. The molecular formula is C44H28BCl3N4O4. The normalized spacial score (nSPS) is 10.2. The molecule has 2 aromatic heterocycles. The third-order valence-electron chi connectivity index (χ3n) is 8.10. The number of halogens is 3. The average Bonchev–Trinajstić information content (AvgIpc) is 3.23. The van der Waals surface area contributed by atoms with Gasteiger partial charge in [-0.2, -0.15) is 10.5 Å². The maximum Gasteiger partial charge on any atom is 0.488 e. The Bertz CT molecular complexity index is 2670. The number of ether oxygens (including phenoxy) is 2. The molecule has 0 fully saturated rings. The van der Waals surface area contributed by atoms with Crippen LogP contribution in [0.5, 0.6) is 23.0 Å². The minimum Gasteiger partial charge on any atom is -0.457 e. The summed E-state index contributed by atoms with van der Waals surface area (Å²) in [5.74, 6) is 2.89. The molecule has 8 aromatic rings. The summed E-state index contributed by atoms with van der Waals surface area (Å²) in [6.07, 6.45) is 0. The lowest BCUT2D eigenvalue weighted by molar-refractivity contribution is 0.425. The van der Waals surface area contributed by atoms with Gasteiger partial charge in [0.2, 0.25) is 0 Å². The van der Waals surface area contributed by atoms with Crippen LogP contribution in [0.15, 0.2) is 158 Å². The monoisotopic (exact) mass is 792 g/mol. The van der Waals surface area contributed by atoms with Gasteiger partial charge < -0.3 is 19.5 Å². The van der Waals surface area contributed by atoms with Crippen LogP contribution in [-0.4, -0.2) is 27.1 Å². The van der Waals surface area contributed by atoms with E-state index in [1.807, 2.05) is 133 Å². The molecule has 0 atom stereocenters. The second-order valence-corrected chi connectivity index (χ2v) is 12.9. The van der Waals surface area contributed by atoms with E-state index in [0.717, 1.165) is 33.4 Å². The SMILES string of the molecule is N#Cc1c(-c2ccc(Oc3ccccc3)cc2)nc2ccccc2c1Cl.N#Cc1c(Cl)nc2ccccc2c1Cl.OB(O)c1ccc(Oc2ccccc2)cc1. The van der Waals surface area contributed by atoms with Crippen molar-refractivity contribution in [2.45, 2.75) is 0 Å². The molecule has 8 nitrogen and oxygen atoms in total. The van der Waals surface area contributed by atoms with E-state index in [2.05, 4.69) is 16.0 Å². The van der Waals surface area contributed by atoms with Crippen molar-refractivity contribution in [1.29, 1.82) is 10.5 Å². The number of nitriles is 2. The van der Waals surface area contributed by atoms with Crippen LogP contribution in [-0.2, 0) is 0 Å². The first-order chi connectivity index (χ1) is 27.2. The Morgan fingerprint density at radius 1 is 0.482 bits per heavy atom. The van der Waals surface area contributed by atoms with E-state index in [0.29, 0.717) is 43.8 Å². The van der Waals surface area contributed by atoms with Crippen LogP contribution in [0.4, 0.5) is 0 Å². The van der Waals surface area contributed by atoms with Gasteiger partial charge in [-0.1, -0.05) is 120 Å². The van der Waals surface area contributed by atoms with Gasteiger partial charge in [-0.25, -0.2) is 9.97 Å². The zero-order valence-corrected chi connectivity index (χ0v) is 31.5. The van der Waals surface area contributed by atoms with Crippen molar-refractivity contribution in [2.75, 3.05) is 0 Å². The van der Waals surface area contributed by atoms with E-state index in [4.69, 9.17) is 59.6 Å². The Morgan fingerprint density at radius 2 is 0.893 bits per heavy atom. The number of aromatic nitrogens is 2. The third-order valence-corrected chi connectivity index (χ3v) is 9.16. The summed E-state index contributed by atoms with van der Waals surface area (Å²) < 4.78 is 11.4. The molecule has 0 radical (unpaired) electrons. The van der Waals surface area contributed by atoms with Crippen molar-refractivity contribution in [3.63, 3.8) is 0 Å². The van der Waals surface area contributed by atoms with Gasteiger partial charge in [0.1, 0.15) is 45.9 Å². The predicted octanol–water partition coefficient (Wildman–Crippen LogP) is 10.8. The van der Waals surface area contributed by atoms with Crippen molar-refractivity contribution in [3.05, 3.63) is 184 Å². The van der Waals surface area contributed by atoms with Gasteiger partial charge in [0, 0.05) is 16.3 Å². The Morgan fingerprint density at radius 3 is 1.38 bits per heavy atom. The minimum absolute atomic E-state index is 0.149. The summed E-state index contributed by atoms with van der Waals surface area (Å²) in [7, 11) is -1.44. The molecule has 0 bridgehead atoms. The fourth-order valence-electron chi connectivity index (χ4n) is 5.36. The Balaban J connectivity index is 0.000000152. The van der Waals surface area contributed by atoms with Crippen LogP contribution < -0.4 is 14.9 Å². The van der Waals surface area contributed by atoms with Gasteiger partial charge in [0.05, 0.1) is 32.3 Å². The Labute approximate surface area is 338 Å². The molecule has 0 saturated heterocycles. The number of benzene rings is 6. The second kappa shape index (κ2) is 18.7. The van der Waals surface area contributed by atoms with E-state index in [-0.39, 0.29) is 10.7 Å². The van der Waals surface area contributed by atoms with Crippen molar-refractivity contribution >= 4 is 69.2 Å². The molecule has 0 aliphatic rings. The number of hydrogen-bond acceptors (Lipinski definition) is 8. The Kier molecular flexibility index (Phi) is 13.1. The maximum absolute atomic E-state index is 9.57. The summed E-state index contributed by atoms with van der Waals surface area (Å²) in [5, 5.41) is 38.7. The number of rotatable bonds is 6. The summed E-state index contributed by atoms with van der Waals surface area (Å²) in [6, 6.07) is 52.0. The highest BCUT2D eigenvalue weighted by atomic mass is 35.5. The lowest BCUT2D eigenvalue weighted by Gasteiger charge is -2.10. The number of pyridine rings is 2. The standard InChI is InChI=1S/C22H13ClN2O.C12H11BO3.C10H4Cl2N2/c23-21-18-8-4-5-9-20(18)25-22(19(21)14-24)15-10-12-17(13-11-15)26-16-6-2-1-3-7-16;14-13(15)10-6-8-12(9-7-10)16-11-4-2-1-3-5-11;11-9-6-3-1-2-4-8(6)14-10(12)7(9)5-13/h1-13H;1-9,14-15H;1-4H. The maximum atomic E-state index is 9.57. The molecule has 0 amide bonds. The molecule has 2 N–H and O–H groups in total. The summed E-state index contributed by atoms with van der Waals surface area (Å²) in [6.45, 7) is 0. The molecule has 12 heteroatoms. The van der Waals surface area contributed by atoms with Crippen molar-refractivity contribution in [2.24, 2.45) is 0 Å². The molecule has 0 spiro atoms. The van der Waals surface area contributed by atoms with E-state index in [1.165, 1.54) is 0 Å². The molecule has 2 heterocycles. The van der Waals surface area contributed by atoms with Crippen LogP contribution in [0.2, 0.25) is 15.2 Å². The first kappa shape index (κ1) is 39.3. The van der Waals surface area contributed by atoms with Gasteiger partial charge in [0.25, 0.3) is 0 Å². The smallest absolute Gasteiger partial charge is 0.457 e. The zero-order valence-electron chi connectivity index (χ0n) is 29.2. The van der Waals surface area contributed by atoms with Crippen molar-refractivity contribution in [1.82, 2.24) is 9.97 Å². The van der Waals surface area contributed by atoms with E-state index in [1.54, 1.807) is 30.3 Å². The molecule has 8 rings (SSSR count). The summed E-state index contributed by atoms with van der Waals surface area (Å²) in [5.41, 5.74) is 3.89. The van der Waals surface area contributed by atoms with Crippen molar-refractivity contribution < 1.29 is 19.5 Å². The average molecular weight is 794 g/mol. The van der Waals surface area contributed by atoms with Crippen LogP contribution in [0.3, 0.4) is 0 Å². The van der Waals surface area contributed by atoms with Crippen LogP contribution in [0.25, 0.3) is 33.1 Å². The molecule has 272 valence electrons. The van der Waals surface area contributed by atoms with Gasteiger partial charge >= 0.3 is 7.12 Å². The highest BCUT2D eigenvalue weighted by molar-refractivity contribution is 6.58. The van der Waals surface area contributed by atoms with Gasteiger partial charge in [-0.3, -0.25) is 0 Å². The largest absolute Gasteiger partial charge is 0.488 e. The highest BCUT2D eigenvalue weighted by Gasteiger charge is 2.15. The van der Waals surface area contributed by atoms with Crippen molar-refractivity contribution in [3.8, 4) is 46.4 Å². The molecule has 0 unspecified atom stereocenters. The van der Waals surface area contributed by atoms with Crippen LogP contribution >= 0.6 is 34.8 Å². The molecule has 0 aliphatic heterocycles. The van der Waals surface area contributed by atoms with Crippen LogP contribution in [0, 0.1) is 22.7 Å². The van der Waals surface area contributed by atoms with Crippen LogP contribution in [0.1, 0.15) is 11.1 Å². The summed E-state index contributed by atoms with van der Waals surface area (Å²) in [4.78, 5) is 8.71. The fourth-order valence-corrected chi connectivity index (χ4v) is 6.22. The molecule has 6 aromatic carbocycles. The Hall–Kier alpha value is -6.43. The highest BCUT2D eigenvalue weighted by Crippen LogP contribution is 2.34. The lowest BCUT2D eigenvalue weighted by Crippen LogP contribution is -2.29. The number of nitrogens with zero attached hydrogens (tertiary/aromatic N) is 4. The minimum atomic E-state index is -1.44. The van der Waals surface area contributed by atoms with E-state index >= 15 is 0 Å². The molecule has 0 saturated carbocycles. The quantitative estimate of drug-likeness (QED) is 0.126.